The van der Waals surface area contributed by atoms with Gasteiger partial charge in [-0.2, -0.15) is 22.0 Å². The molecule has 3 aromatic rings. The Hall–Kier alpha value is -2.73. The van der Waals surface area contributed by atoms with Crippen molar-refractivity contribution in [1.29, 1.82) is 0 Å². The van der Waals surface area contributed by atoms with Crippen molar-refractivity contribution in [2.45, 2.75) is 17.5 Å². The van der Waals surface area contributed by atoms with Crippen LogP contribution in [0, 0.1) is 0 Å². The van der Waals surface area contributed by atoms with Crippen molar-refractivity contribution in [3.63, 3.8) is 0 Å². The number of sulfonamides is 1. The van der Waals surface area contributed by atoms with Gasteiger partial charge in [-0.25, -0.2) is 8.42 Å². The van der Waals surface area contributed by atoms with Gasteiger partial charge in [0.2, 0.25) is 10.0 Å². The number of alkyl halides is 3. The predicted octanol–water partition coefficient (Wildman–Crippen LogP) is 2.04. The first-order chi connectivity index (χ1) is 13.8. The molecule has 0 saturated carbocycles. The molecule has 12 heteroatoms. The largest absolute Gasteiger partial charge is 0.417 e. The maximum Gasteiger partial charge on any atom is 0.417 e. The Labute approximate surface area is 164 Å². The first kappa shape index (κ1) is 19.6. The van der Waals surface area contributed by atoms with E-state index in [1.54, 1.807) is 12.1 Å². The van der Waals surface area contributed by atoms with Crippen LogP contribution in [-0.2, 0) is 16.2 Å². The molecule has 0 spiro atoms. The third-order valence-electron chi connectivity index (χ3n) is 4.74. The lowest BCUT2D eigenvalue weighted by molar-refractivity contribution is -0.139. The number of nitrogens with zero attached hydrogens (tertiary/aromatic N) is 6. The summed E-state index contributed by atoms with van der Waals surface area (Å²) in [6.07, 6.45) is -2.84. The average molecular weight is 426 g/mol. The third-order valence-corrected chi connectivity index (χ3v) is 6.69. The third kappa shape index (κ3) is 3.77. The second-order valence-electron chi connectivity index (χ2n) is 6.56. The highest BCUT2D eigenvalue weighted by atomic mass is 32.2. The number of hydrogen-bond donors (Lipinski definition) is 0. The quantitative estimate of drug-likeness (QED) is 0.638. The van der Waals surface area contributed by atoms with E-state index in [0.717, 1.165) is 16.4 Å². The summed E-state index contributed by atoms with van der Waals surface area (Å²) in [5.41, 5.74) is -0.572. The number of halogens is 3. The second-order valence-corrected chi connectivity index (χ2v) is 8.47. The molecule has 0 amide bonds. The summed E-state index contributed by atoms with van der Waals surface area (Å²) in [5.74, 6) is 0.618. The Morgan fingerprint density at radius 3 is 2.55 bits per heavy atom. The van der Waals surface area contributed by atoms with Crippen molar-refractivity contribution >= 4 is 21.5 Å². The minimum absolute atomic E-state index is 0.0520. The molecule has 4 rings (SSSR count). The summed E-state index contributed by atoms with van der Waals surface area (Å²) in [7, 11) is -4.29. The Bertz CT molecular complexity index is 1130. The minimum atomic E-state index is -4.75. The SMILES string of the molecule is O=S(=O)(c1ccccc1C(F)(F)F)N1CCCN(c2ccc3nncn3n2)CC1. The van der Waals surface area contributed by atoms with Crippen LogP contribution in [0.25, 0.3) is 5.65 Å². The number of anilines is 1. The smallest absolute Gasteiger partial charge is 0.354 e. The van der Waals surface area contributed by atoms with Gasteiger partial charge in [-0.15, -0.1) is 15.3 Å². The van der Waals surface area contributed by atoms with Crippen LogP contribution in [0.2, 0.25) is 0 Å². The maximum atomic E-state index is 13.3. The van der Waals surface area contributed by atoms with E-state index in [-0.39, 0.29) is 13.1 Å². The van der Waals surface area contributed by atoms with Gasteiger partial charge in [0.25, 0.3) is 0 Å². The van der Waals surface area contributed by atoms with Crippen molar-refractivity contribution < 1.29 is 21.6 Å². The highest BCUT2D eigenvalue weighted by Gasteiger charge is 2.39. The number of benzene rings is 1. The summed E-state index contributed by atoms with van der Waals surface area (Å²) < 4.78 is 68.4. The molecule has 8 nitrogen and oxygen atoms in total. The normalized spacial score (nSPS) is 16.9. The van der Waals surface area contributed by atoms with Gasteiger partial charge in [0, 0.05) is 26.2 Å². The lowest BCUT2D eigenvalue weighted by Crippen LogP contribution is -2.36. The van der Waals surface area contributed by atoms with Gasteiger partial charge in [-0.1, -0.05) is 12.1 Å². The zero-order valence-corrected chi connectivity index (χ0v) is 15.9. The van der Waals surface area contributed by atoms with Crippen LogP contribution >= 0.6 is 0 Å². The molecule has 0 radical (unpaired) electrons. The molecule has 1 aliphatic heterocycles. The summed E-state index contributed by atoms with van der Waals surface area (Å²) >= 11 is 0. The first-order valence-corrected chi connectivity index (χ1v) is 10.3. The van der Waals surface area contributed by atoms with Crippen LogP contribution in [0.3, 0.4) is 0 Å². The van der Waals surface area contributed by atoms with Crippen molar-refractivity contribution in [2.75, 3.05) is 31.1 Å². The Morgan fingerprint density at radius 1 is 0.966 bits per heavy atom. The number of fused-ring (bicyclic) bond motifs is 1. The lowest BCUT2D eigenvalue weighted by atomic mass is 10.2. The van der Waals surface area contributed by atoms with E-state index in [9.17, 15) is 21.6 Å². The molecule has 2 aromatic heterocycles. The average Bonchev–Trinajstić information content (AvgIpc) is 3.01. The van der Waals surface area contributed by atoms with Crippen LogP contribution in [0.5, 0.6) is 0 Å². The van der Waals surface area contributed by atoms with Crippen molar-refractivity contribution in [3.05, 3.63) is 48.3 Å². The van der Waals surface area contributed by atoms with Crippen LogP contribution in [0.4, 0.5) is 19.0 Å². The number of rotatable bonds is 3. The van der Waals surface area contributed by atoms with Crippen LogP contribution in [0.15, 0.2) is 47.6 Å². The van der Waals surface area contributed by atoms with Gasteiger partial charge in [0.15, 0.2) is 5.65 Å². The molecular formula is C17H17F3N6O2S. The van der Waals surface area contributed by atoms with E-state index < -0.39 is 26.7 Å². The minimum Gasteiger partial charge on any atom is -0.354 e. The molecule has 29 heavy (non-hydrogen) atoms. The fourth-order valence-corrected chi connectivity index (χ4v) is 5.00. The van der Waals surface area contributed by atoms with E-state index in [0.29, 0.717) is 31.0 Å². The van der Waals surface area contributed by atoms with E-state index in [1.807, 2.05) is 4.90 Å². The molecule has 0 unspecified atom stereocenters. The van der Waals surface area contributed by atoms with Crippen molar-refractivity contribution in [2.24, 2.45) is 0 Å². The standard InChI is InChI=1S/C17H17F3N6O2S/c18-17(19,20)13-4-1-2-5-14(13)29(27,28)25-9-3-8-24(10-11-25)16-7-6-15-22-21-12-26(15)23-16/h1-2,4-7,12H,3,8-11H2. The fourth-order valence-electron chi connectivity index (χ4n) is 3.32. The van der Waals surface area contributed by atoms with Crippen molar-refractivity contribution in [3.8, 4) is 0 Å². The van der Waals surface area contributed by atoms with Gasteiger partial charge in [0.05, 0.1) is 10.5 Å². The number of hydrogen-bond acceptors (Lipinski definition) is 6. The molecule has 1 aliphatic rings. The van der Waals surface area contributed by atoms with Gasteiger partial charge in [-0.3, -0.25) is 0 Å². The van der Waals surface area contributed by atoms with E-state index >= 15 is 0 Å². The second kappa shape index (κ2) is 7.26. The molecule has 0 atom stereocenters. The van der Waals surface area contributed by atoms with E-state index in [4.69, 9.17) is 0 Å². The zero-order valence-electron chi connectivity index (χ0n) is 15.1. The molecule has 154 valence electrons. The summed E-state index contributed by atoms with van der Waals surface area (Å²) in [6, 6.07) is 7.77. The van der Waals surface area contributed by atoms with Crippen LogP contribution in [-0.4, -0.2) is 58.7 Å². The molecule has 1 aromatic carbocycles. The molecular weight excluding hydrogens is 409 g/mol. The fraction of sp³-hybridized carbons (Fsp3) is 0.353. The first-order valence-electron chi connectivity index (χ1n) is 8.85. The molecule has 0 bridgehead atoms. The Kier molecular flexibility index (Phi) is 4.90. The van der Waals surface area contributed by atoms with Crippen LogP contribution in [0.1, 0.15) is 12.0 Å². The zero-order chi connectivity index (χ0) is 20.6. The highest BCUT2D eigenvalue weighted by molar-refractivity contribution is 7.89. The number of aromatic nitrogens is 4. The molecule has 0 aliphatic carbocycles. The monoisotopic (exact) mass is 426 g/mol. The van der Waals surface area contributed by atoms with E-state index in [1.165, 1.54) is 23.0 Å². The van der Waals surface area contributed by atoms with Gasteiger partial charge in [-0.05, 0) is 30.7 Å². The predicted molar refractivity (Wildman–Crippen MR) is 97.8 cm³/mol. The highest BCUT2D eigenvalue weighted by Crippen LogP contribution is 2.35. The van der Waals surface area contributed by atoms with Gasteiger partial charge >= 0.3 is 6.18 Å². The maximum absolute atomic E-state index is 13.3. The molecule has 1 saturated heterocycles. The summed E-state index contributed by atoms with van der Waals surface area (Å²) in [4.78, 5) is 1.18. The Balaban J connectivity index is 1.58. The molecule has 0 N–H and O–H groups in total. The van der Waals surface area contributed by atoms with E-state index in [2.05, 4.69) is 15.3 Å². The lowest BCUT2D eigenvalue weighted by Gasteiger charge is -2.23. The Morgan fingerprint density at radius 2 is 1.76 bits per heavy atom. The molecule has 3 heterocycles. The summed E-state index contributed by atoms with van der Waals surface area (Å²) in [5, 5.41) is 12.0. The topological polar surface area (TPSA) is 83.7 Å². The van der Waals surface area contributed by atoms with Gasteiger partial charge < -0.3 is 4.90 Å². The summed E-state index contributed by atoms with van der Waals surface area (Å²) in [6.45, 7) is 0.998. The van der Waals surface area contributed by atoms with Gasteiger partial charge in [0.1, 0.15) is 12.1 Å². The molecule has 1 fully saturated rings. The van der Waals surface area contributed by atoms with Crippen LogP contribution < -0.4 is 4.90 Å². The van der Waals surface area contributed by atoms with Crippen molar-refractivity contribution in [1.82, 2.24) is 24.1 Å².